The van der Waals surface area contributed by atoms with Crippen LogP contribution in [0, 0.1) is 0 Å². The Labute approximate surface area is 112 Å². The van der Waals surface area contributed by atoms with Crippen molar-refractivity contribution >= 4 is 16.9 Å². The van der Waals surface area contributed by atoms with Crippen molar-refractivity contribution in [3.63, 3.8) is 0 Å². The number of benzene rings is 1. The zero-order valence-corrected chi connectivity index (χ0v) is 11.3. The molecule has 0 aliphatic rings. The van der Waals surface area contributed by atoms with Crippen LogP contribution in [-0.4, -0.2) is 45.2 Å². The van der Waals surface area contributed by atoms with Crippen molar-refractivity contribution in [1.82, 2.24) is 14.5 Å². The van der Waals surface area contributed by atoms with Crippen molar-refractivity contribution < 1.29 is 9.90 Å². The number of hydrogen-bond acceptors (Lipinski definition) is 3. The highest BCUT2D eigenvalue weighted by Crippen LogP contribution is 2.18. The van der Waals surface area contributed by atoms with Crippen molar-refractivity contribution in [2.75, 3.05) is 19.7 Å². The molecule has 1 aromatic carbocycles. The van der Waals surface area contributed by atoms with Crippen molar-refractivity contribution in [2.45, 2.75) is 19.9 Å². The van der Waals surface area contributed by atoms with E-state index in [1.54, 1.807) is 11.2 Å². The van der Waals surface area contributed by atoms with Gasteiger partial charge in [-0.25, -0.2) is 4.98 Å². The molecule has 1 heterocycles. The van der Waals surface area contributed by atoms with Crippen LogP contribution >= 0.6 is 0 Å². The van der Waals surface area contributed by atoms with E-state index in [0.717, 1.165) is 11.0 Å². The maximum absolute atomic E-state index is 12.4. The summed E-state index contributed by atoms with van der Waals surface area (Å²) in [6.45, 7) is 4.71. The van der Waals surface area contributed by atoms with Crippen LogP contribution in [0.1, 0.15) is 19.9 Å². The summed E-state index contributed by atoms with van der Waals surface area (Å²) in [5, 5.41) is 8.99. The fourth-order valence-electron chi connectivity index (χ4n) is 2.21. The number of likely N-dealkylation sites (N-methyl/N-ethyl adjacent to an activating group) is 1. The lowest BCUT2D eigenvalue weighted by Gasteiger charge is -2.24. The van der Waals surface area contributed by atoms with Gasteiger partial charge in [0.15, 0.2) is 0 Å². The van der Waals surface area contributed by atoms with E-state index < -0.39 is 0 Å². The standard InChI is InChI=1S/C14H19N3O2/c1-3-16(8-9-18)14(19)11(2)17-10-15-12-6-4-5-7-13(12)17/h4-7,10-11,18H,3,8-9H2,1-2H3/t11-/m1/s1. The third-order valence-corrected chi connectivity index (χ3v) is 3.32. The number of fused-ring (bicyclic) bond motifs is 1. The van der Waals surface area contributed by atoms with E-state index in [2.05, 4.69) is 4.98 Å². The van der Waals surface area contributed by atoms with Crippen LogP contribution in [0.3, 0.4) is 0 Å². The summed E-state index contributed by atoms with van der Waals surface area (Å²) in [5.74, 6) is -0.000275. The Bertz CT molecular complexity index is 565. The largest absolute Gasteiger partial charge is 0.395 e. The van der Waals surface area contributed by atoms with Gasteiger partial charge in [0.2, 0.25) is 5.91 Å². The maximum atomic E-state index is 12.4. The highest BCUT2D eigenvalue weighted by Gasteiger charge is 2.21. The molecule has 19 heavy (non-hydrogen) atoms. The Morgan fingerprint density at radius 2 is 2.21 bits per heavy atom. The first-order valence-electron chi connectivity index (χ1n) is 6.50. The van der Waals surface area contributed by atoms with E-state index in [1.807, 2.05) is 42.7 Å². The first-order valence-corrected chi connectivity index (χ1v) is 6.50. The fourth-order valence-corrected chi connectivity index (χ4v) is 2.21. The number of nitrogens with zero attached hydrogens (tertiary/aromatic N) is 3. The predicted octanol–water partition coefficient (Wildman–Crippen LogP) is 1.44. The monoisotopic (exact) mass is 261 g/mol. The van der Waals surface area contributed by atoms with Crippen molar-refractivity contribution in [3.05, 3.63) is 30.6 Å². The molecule has 0 spiro atoms. The topological polar surface area (TPSA) is 58.4 Å². The Balaban J connectivity index is 2.28. The van der Waals surface area contributed by atoms with Gasteiger partial charge in [-0.15, -0.1) is 0 Å². The fraction of sp³-hybridized carbons (Fsp3) is 0.429. The van der Waals surface area contributed by atoms with Gasteiger partial charge in [0.05, 0.1) is 24.0 Å². The van der Waals surface area contributed by atoms with E-state index >= 15 is 0 Å². The second-order valence-electron chi connectivity index (χ2n) is 4.46. The van der Waals surface area contributed by atoms with Gasteiger partial charge in [-0.2, -0.15) is 0 Å². The van der Waals surface area contributed by atoms with Crippen molar-refractivity contribution in [1.29, 1.82) is 0 Å². The Hall–Kier alpha value is -1.88. The van der Waals surface area contributed by atoms with Crippen LogP contribution in [0.2, 0.25) is 0 Å². The van der Waals surface area contributed by atoms with Gasteiger partial charge in [-0.1, -0.05) is 12.1 Å². The number of imidazole rings is 1. The normalized spacial score (nSPS) is 12.6. The molecular formula is C14H19N3O2. The number of aliphatic hydroxyl groups excluding tert-OH is 1. The van der Waals surface area contributed by atoms with Gasteiger partial charge in [0.25, 0.3) is 0 Å². The molecule has 5 heteroatoms. The van der Waals surface area contributed by atoms with Crippen LogP contribution in [0.25, 0.3) is 11.0 Å². The lowest BCUT2D eigenvalue weighted by Crippen LogP contribution is -2.37. The highest BCUT2D eigenvalue weighted by molar-refractivity contribution is 5.83. The van der Waals surface area contributed by atoms with Gasteiger partial charge in [-0.05, 0) is 26.0 Å². The number of rotatable bonds is 5. The second kappa shape index (κ2) is 5.84. The van der Waals surface area contributed by atoms with Gasteiger partial charge in [0.1, 0.15) is 6.04 Å². The molecule has 0 radical (unpaired) electrons. The molecule has 2 aromatic rings. The van der Waals surface area contributed by atoms with E-state index in [9.17, 15) is 4.79 Å². The summed E-state index contributed by atoms with van der Waals surface area (Å²) < 4.78 is 1.87. The molecule has 102 valence electrons. The lowest BCUT2D eigenvalue weighted by molar-refractivity contribution is -0.134. The minimum atomic E-state index is -0.320. The molecule has 0 aliphatic carbocycles. The van der Waals surface area contributed by atoms with Gasteiger partial charge in [-0.3, -0.25) is 4.79 Å². The number of aliphatic hydroxyl groups is 1. The van der Waals surface area contributed by atoms with Gasteiger partial charge in [0, 0.05) is 13.1 Å². The quantitative estimate of drug-likeness (QED) is 0.886. The first-order chi connectivity index (χ1) is 9.19. The second-order valence-corrected chi connectivity index (χ2v) is 4.46. The molecule has 0 bridgehead atoms. The molecule has 2 rings (SSSR count). The lowest BCUT2D eigenvalue weighted by atomic mass is 10.2. The summed E-state index contributed by atoms with van der Waals surface area (Å²) in [7, 11) is 0. The number of hydrogen-bond donors (Lipinski definition) is 1. The number of amides is 1. The summed E-state index contributed by atoms with van der Waals surface area (Å²) >= 11 is 0. The van der Waals surface area contributed by atoms with E-state index in [1.165, 1.54) is 0 Å². The summed E-state index contributed by atoms with van der Waals surface area (Å²) in [4.78, 5) is 18.3. The van der Waals surface area contributed by atoms with Gasteiger partial charge >= 0.3 is 0 Å². The predicted molar refractivity (Wildman–Crippen MR) is 73.8 cm³/mol. The van der Waals surface area contributed by atoms with Crippen LogP contribution in [0.4, 0.5) is 0 Å². The van der Waals surface area contributed by atoms with Crippen LogP contribution in [0.5, 0.6) is 0 Å². The average Bonchev–Trinajstić information content (AvgIpc) is 2.87. The summed E-state index contributed by atoms with van der Waals surface area (Å²) in [6, 6.07) is 7.42. The third-order valence-electron chi connectivity index (χ3n) is 3.32. The number of carbonyl (C=O) groups is 1. The molecule has 0 aliphatic heterocycles. The smallest absolute Gasteiger partial charge is 0.245 e. The molecule has 0 saturated heterocycles. The minimum Gasteiger partial charge on any atom is -0.395 e. The molecule has 5 nitrogen and oxygen atoms in total. The molecular weight excluding hydrogens is 242 g/mol. The van der Waals surface area contributed by atoms with Crippen LogP contribution < -0.4 is 0 Å². The molecule has 1 atom stereocenters. The van der Waals surface area contributed by atoms with Crippen molar-refractivity contribution in [2.24, 2.45) is 0 Å². The highest BCUT2D eigenvalue weighted by atomic mass is 16.3. The van der Waals surface area contributed by atoms with E-state index in [4.69, 9.17) is 5.11 Å². The minimum absolute atomic E-state index is 0.000275. The average molecular weight is 261 g/mol. The molecule has 0 fully saturated rings. The zero-order valence-electron chi connectivity index (χ0n) is 11.3. The number of aromatic nitrogens is 2. The zero-order chi connectivity index (χ0) is 13.8. The first kappa shape index (κ1) is 13.5. The van der Waals surface area contributed by atoms with E-state index in [-0.39, 0.29) is 18.6 Å². The Morgan fingerprint density at radius 3 is 2.89 bits per heavy atom. The molecule has 1 aromatic heterocycles. The van der Waals surface area contributed by atoms with E-state index in [0.29, 0.717) is 13.1 Å². The molecule has 0 unspecified atom stereocenters. The van der Waals surface area contributed by atoms with Crippen LogP contribution in [-0.2, 0) is 4.79 Å². The molecule has 1 N–H and O–H groups in total. The maximum Gasteiger partial charge on any atom is 0.245 e. The third kappa shape index (κ3) is 2.61. The summed E-state index contributed by atoms with van der Waals surface area (Å²) in [6.07, 6.45) is 1.69. The number of carbonyl (C=O) groups excluding carboxylic acids is 1. The van der Waals surface area contributed by atoms with Gasteiger partial charge < -0.3 is 14.6 Å². The number of para-hydroxylation sites is 2. The SMILES string of the molecule is CCN(CCO)C(=O)[C@@H](C)n1cnc2ccccc21. The van der Waals surface area contributed by atoms with Crippen LogP contribution in [0.15, 0.2) is 30.6 Å². The van der Waals surface area contributed by atoms with Crippen molar-refractivity contribution in [3.8, 4) is 0 Å². The molecule has 0 saturated carbocycles. The Kier molecular flexibility index (Phi) is 4.16. The Morgan fingerprint density at radius 1 is 1.47 bits per heavy atom. The molecule has 1 amide bonds. The summed E-state index contributed by atoms with van der Waals surface area (Å²) in [5.41, 5.74) is 1.83.